The van der Waals surface area contributed by atoms with Crippen molar-refractivity contribution in [2.75, 3.05) is 19.7 Å². The molecule has 1 aromatic rings. The van der Waals surface area contributed by atoms with Gasteiger partial charge in [-0.05, 0) is 13.8 Å². The van der Waals surface area contributed by atoms with E-state index in [2.05, 4.69) is 0 Å². The van der Waals surface area contributed by atoms with E-state index >= 15 is 0 Å². The van der Waals surface area contributed by atoms with Crippen LogP contribution in [0.2, 0.25) is 0 Å². The zero-order chi connectivity index (χ0) is 13.3. The maximum atomic E-state index is 12.1. The van der Waals surface area contributed by atoms with Crippen LogP contribution in [-0.2, 0) is 4.74 Å². The number of ether oxygens (including phenoxy) is 1. The first-order valence-electron chi connectivity index (χ1n) is 5.64. The van der Waals surface area contributed by atoms with Crippen molar-refractivity contribution in [1.82, 2.24) is 4.90 Å². The third kappa shape index (κ3) is 2.53. The number of carboxylic acid groups (broad SMARTS) is 1. The number of carbonyl (C=O) groups is 2. The standard InChI is InChI=1S/C12H15NO5/c1-12(2)7-13(3-4-18-12)10(14)9-5-8(6-17-9)11(15)16/h5-6H,3-4,7H2,1-2H3,(H,15,16). The number of hydrogen-bond acceptors (Lipinski definition) is 4. The minimum atomic E-state index is -1.11. The number of carboxylic acids is 1. The Bertz CT molecular complexity index is 477. The van der Waals surface area contributed by atoms with E-state index in [-0.39, 0.29) is 17.2 Å². The van der Waals surface area contributed by atoms with Gasteiger partial charge in [0.15, 0.2) is 5.76 Å². The molecule has 1 N–H and O–H groups in total. The minimum absolute atomic E-state index is 0.0223. The van der Waals surface area contributed by atoms with E-state index in [0.29, 0.717) is 19.7 Å². The first-order chi connectivity index (χ1) is 8.39. The van der Waals surface area contributed by atoms with Crippen LogP contribution in [-0.4, -0.2) is 47.2 Å². The van der Waals surface area contributed by atoms with Crippen LogP contribution >= 0.6 is 0 Å². The van der Waals surface area contributed by atoms with Crippen LogP contribution in [0.25, 0.3) is 0 Å². The summed E-state index contributed by atoms with van der Waals surface area (Å²) in [5.41, 5.74) is -0.415. The van der Waals surface area contributed by atoms with E-state index in [4.69, 9.17) is 14.3 Å². The van der Waals surface area contributed by atoms with E-state index in [9.17, 15) is 9.59 Å². The van der Waals surface area contributed by atoms with E-state index < -0.39 is 11.6 Å². The number of furan rings is 1. The lowest BCUT2D eigenvalue weighted by atomic mass is 10.1. The predicted molar refractivity (Wildman–Crippen MR) is 61.6 cm³/mol. The summed E-state index contributed by atoms with van der Waals surface area (Å²) < 4.78 is 10.5. The number of amides is 1. The largest absolute Gasteiger partial charge is 0.478 e. The lowest BCUT2D eigenvalue weighted by molar-refractivity contribution is -0.0769. The van der Waals surface area contributed by atoms with Crippen LogP contribution in [0, 0.1) is 0 Å². The molecule has 2 heterocycles. The van der Waals surface area contributed by atoms with Crippen LogP contribution in [0.15, 0.2) is 16.7 Å². The normalized spacial score (nSPS) is 18.7. The highest BCUT2D eigenvalue weighted by Crippen LogP contribution is 2.19. The summed E-state index contributed by atoms with van der Waals surface area (Å²) in [4.78, 5) is 24.4. The van der Waals surface area contributed by atoms with Crippen LogP contribution in [0.4, 0.5) is 0 Å². The highest BCUT2D eigenvalue weighted by molar-refractivity contribution is 5.95. The lowest BCUT2D eigenvalue weighted by Gasteiger charge is -2.37. The molecule has 2 rings (SSSR count). The number of rotatable bonds is 2. The topological polar surface area (TPSA) is 80.0 Å². The van der Waals surface area contributed by atoms with Gasteiger partial charge in [0.1, 0.15) is 6.26 Å². The molecule has 98 valence electrons. The first kappa shape index (κ1) is 12.6. The van der Waals surface area contributed by atoms with Crippen LogP contribution in [0.5, 0.6) is 0 Å². The van der Waals surface area contributed by atoms with Gasteiger partial charge in [0.2, 0.25) is 0 Å². The molecule has 0 aliphatic carbocycles. The Morgan fingerprint density at radius 3 is 2.72 bits per heavy atom. The molecule has 0 atom stereocenters. The van der Waals surface area contributed by atoms with Gasteiger partial charge in [-0.3, -0.25) is 4.79 Å². The molecule has 6 nitrogen and oxygen atoms in total. The zero-order valence-corrected chi connectivity index (χ0v) is 10.3. The Hall–Kier alpha value is -1.82. The molecule has 0 aromatic carbocycles. The van der Waals surface area contributed by atoms with E-state index in [1.165, 1.54) is 6.07 Å². The van der Waals surface area contributed by atoms with Crippen LogP contribution in [0.3, 0.4) is 0 Å². The molecule has 0 spiro atoms. The zero-order valence-electron chi connectivity index (χ0n) is 10.3. The van der Waals surface area contributed by atoms with Crippen LogP contribution in [0.1, 0.15) is 34.8 Å². The molecule has 0 unspecified atom stereocenters. The molecule has 1 aliphatic rings. The Kier molecular flexibility index (Phi) is 3.13. The third-order valence-electron chi connectivity index (χ3n) is 2.77. The van der Waals surface area contributed by atoms with Gasteiger partial charge >= 0.3 is 5.97 Å². The fourth-order valence-electron chi connectivity index (χ4n) is 1.91. The number of hydrogen-bond donors (Lipinski definition) is 1. The summed E-state index contributed by atoms with van der Waals surface area (Å²) >= 11 is 0. The third-order valence-corrected chi connectivity index (χ3v) is 2.77. The predicted octanol–water partition coefficient (Wildman–Crippen LogP) is 1.23. The van der Waals surface area contributed by atoms with Gasteiger partial charge in [-0.25, -0.2) is 4.79 Å². The fourth-order valence-corrected chi connectivity index (χ4v) is 1.91. The van der Waals surface area contributed by atoms with Crippen molar-refractivity contribution in [3.05, 3.63) is 23.7 Å². The maximum absolute atomic E-state index is 12.1. The number of carbonyl (C=O) groups excluding carboxylic acids is 1. The van der Waals surface area contributed by atoms with Crippen molar-refractivity contribution in [2.45, 2.75) is 19.4 Å². The monoisotopic (exact) mass is 253 g/mol. The molecule has 1 amide bonds. The number of morpholine rings is 1. The molecular weight excluding hydrogens is 238 g/mol. The molecule has 1 aromatic heterocycles. The molecule has 1 aliphatic heterocycles. The summed E-state index contributed by atoms with van der Waals surface area (Å²) in [5, 5.41) is 8.77. The van der Waals surface area contributed by atoms with Crippen molar-refractivity contribution in [3.63, 3.8) is 0 Å². The minimum Gasteiger partial charge on any atom is -0.478 e. The summed E-state index contributed by atoms with van der Waals surface area (Å²) in [6.07, 6.45) is 1.07. The SMILES string of the molecule is CC1(C)CN(C(=O)c2cc(C(=O)O)co2)CCO1. The average Bonchev–Trinajstić information content (AvgIpc) is 2.76. The van der Waals surface area contributed by atoms with Gasteiger partial charge in [0.05, 0.1) is 17.8 Å². The quantitative estimate of drug-likeness (QED) is 0.857. The first-order valence-corrected chi connectivity index (χ1v) is 5.64. The summed E-state index contributed by atoms with van der Waals surface area (Å²) in [7, 11) is 0. The summed E-state index contributed by atoms with van der Waals surface area (Å²) in [6, 6.07) is 1.24. The van der Waals surface area contributed by atoms with Crippen LogP contribution < -0.4 is 0 Å². The molecule has 0 saturated carbocycles. The molecule has 1 fully saturated rings. The maximum Gasteiger partial charge on any atom is 0.338 e. The van der Waals surface area contributed by atoms with Crippen molar-refractivity contribution in [3.8, 4) is 0 Å². The lowest BCUT2D eigenvalue weighted by Crippen LogP contribution is -2.50. The van der Waals surface area contributed by atoms with E-state index in [1.54, 1.807) is 4.90 Å². The molecular formula is C12H15NO5. The van der Waals surface area contributed by atoms with Crippen molar-refractivity contribution < 1.29 is 23.8 Å². The smallest absolute Gasteiger partial charge is 0.338 e. The Labute approximate surface area is 104 Å². The highest BCUT2D eigenvalue weighted by Gasteiger charge is 2.31. The van der Waals surface area contributed by atoms with Gasteiger partial charge in [-0.1, -0.05) is 0 Å². The Morgan fingerprint density at radius 1 is 1.44 bits per heavy atom. The Balaban J connectivity index is 2.13. The van der Waals surface area contributed by atoms with Crippen molar-refractivity contribution >= 4 is 11.9 Å². The summed E-state index contributed by atoms with van der Waals surface area (Å²) in [6.45, 7) is 5.19. The second-order valence-electron chi connectivity index (χ2n) is 4.84. The molecule has 0 bridgehead atoms. The van der Waals surface area contributed by atoms with Gasteiger partial charge < -0.3 is 19.2 Å². The second kappa shape index (κ2) is 4.45. The molecule has 1 saturated heterocycles. The Morgan fingerprint density at radius 2 is 2.17 bits per heavy atom. The molecule has 6 heteroatoms. The number of aromatic carboxylic acids is 1. The van der Waals surface area contributed by atoms with Gasteiger partial charge in [0, 0.05) is 19.2 Å². The van der Waals surface area contributed by atoms with E-state index in [1.807, 2.05) is 13.8 Å². The average molecular weight is 253 g/mol. The summed E-state index contributed by atoms with van der Waals surface area (Å²) in [5.74, 6) is -1.37. The highest BCUT2D eigenvalue weighted by atomic mass is 16.5. The van der Waals surface area contributed by atoms with E-state index in [0.717, 1.165) is 6.26 Å². The molecule has 0 radical (unpaired) electrons. The van der Waals surface area contributed by atoms with Crippen molar-refractivity contribution in [2.24, 2.45) is 0 Å². The molecule has 18 heavy (non-hydrogen) atoms. The van der Waals surface area contributed by atoms with Gasteiger partial charge in [-0.2, -0.15) is 0 Å². The van der Waals surface area contributed by atoms with Crippen molar-refractivity contribution in [1.29, 1.82) is 0 Å². The van der Waals surface area contributed by atoms with Gasteiger partial charge in [-0.15, -0.1) is 0 Å². The van der Waals surface area contributed by atoms with Gasteiger partial charge in [0.25, 0.3) is 5.91 Å². The number of nitrogens with zero attached hydrogens (tertiary/aromatic N) is 1. The fraction of sp³-hybridized carbons (Fsp3) is 0.500. The second-order valence-corrected chi connectivity index (χ2v) is 4.84.